The lowest BCUT2D eigenvalue weighted by Crippen LogP contribution is -2.46. The van der Waals surface area contributed by atoms with Crippen LogP contribution in [0.4, 0.5) is 5.69 Å². The number of nitrogens with zero attached hydrogens (tertiary/aromatic N) is 2. The van der Waals surface area contributed by atoms with Crippen LogP contribution in [0.5, 0.6) is 0 Å². The summed E-state index contributed by atoms with van der Waals surface area (Å²) in [6.07, 6.45) is 6.81. The number of anilines is 1. The Kier molecular flexibility index (Phi) is 5.19. The maximum Gasteiger partial charge on any atom is 0.0380 e. The van der Waals surface area contributed by atoms with E-state index >= 15 is 0 Å². The predicted octanol–water partition coefficient (Wildman–Crippen LogP) is 3.36. The van der Waals surface area contributed by atoms with Gasteiger partial charge in [-0.3, -0.25) is 0 Å². The van der Waals surface area contributed by atoms with Crippen molar-refractivity contribution in [2.45, 2.75) is 44.7 Å². The first-order valence-electron chi connectivity index (χ1n) is 8.25. The highest BCUT2D eigenvalue weighted by Crippen LogP contribution is 2.27. The maximum atomic E-state index is 5.79. The normalized spacial score (nSPS) is 21.7. The van der Waals surface area contributed by atoms with Crippen LogP contribution in [0.1, 0.15) is 37.7 Å². The van der Waals surface area contributed by atoms with Gasteiger partial charge in [0, 0.05) is 35.8 Å². The van der Waals surface area contributed by atoms with Crippen molar-refractivity contribution in [1.29, 1.82) is 0 Å². The van der Waals surface area contributed by atoms with Crippen LogP contribution in [-0.4, -0.2) is 37.1 Å². The van der Waals surface area contributed by atoms with Crippen LogP contribution in [0.25, 0.3) is 0 Å². The summed E-state index contributed by atoms with van der Waals surface area (Å²) in [5.41, 5.74) is 8.32. The molecule has 2 N–H and O–H groups in total. The van der Waals surface area contributed by atoms with Crippen LogP contribution in [0, 0.1) is 0 Å². The van der Waals surface area contributed by atoms with E-state index in [1.165, 1.54) is 69.5 Å². The van der Waals surface area contributed by atoms with Crippen molar-refractivity contribution in [3.05, 3.63) is 28.2 Å². The second kappa shape index (κ2) is 7.12. The van der Waals surface area contributed by atoms with Gasteiger partial charge in [-0.2, -0.15) is 0 Å². The summed E-state index contributed by atoms with van der Waals surface area (Å²) in [7, 11) is 0. The molecule has 3 nitrogen and oxygen atoms in total. The van der Waals surface area contributed by atoms with Crippen molar-refractivity contribution < 1.29 is 0 Å². The van der Waals surface area contributed by atoms with E-state index in [2.05, 4.69) is 43.9 Å². The van der Waals surface area contributed by atoms with E-state index in [9.17, 15) is 0 Å². The molecule has 2 aliphatic heterocycles. The van der Waals surface area contributed by atoms with Crippen molar-refractivity contribution in [3.63, 3.8) is 0 Å². The molecule has 2 saturated heterocycles. The fourth-order valence-corrected chi connectivity index (χ4v) is 4.24. The van der Waals surface area contributed by atoms with Crippen LogP contribution in [-0.2, 0) is 6.54 Å². The second-order valence-electron chi connectivity index (χ2n) is 6.34. The Morgan fingerprint density at radius 3 is 2.38 bits per heavy atom. The molecule has 0 unspecified atom stereocenters. The third kappa shape index (κ3) is 3.79. The molecular weight excluding hydrogens is 326 g/mol. The molecule has 0 aromatic heterocycles. The molecule has 0 saturated carbocycles. The first-order chi connectivity index (χ1) is 10.3. The molecule has 2 fully saturated rings. The number of likely N-dealkylation sites (tertiary alicyclic amines) is 1. The van der Waals surface area contributed by atoms with Crippen LogP contribution in [0.2, 0.25) is 0 Å². The highest BCUT2D eigenvalue weighted by molar-refractivity contribution is 9.10. The van der Waals surface area contributed by atoms with Gasteiger partial charge in [0.2, 0.25) is 0 Å². The number of nitrogens with two attached hydrogens (primary N) is 1. The fourth-order valence-electron chi connectivity index (χ4n) is 3.71. The smallest absolute Gasteiger partial charge is 0.0380 e. The zero-order valence-corrected chi connectivity index (χ0v) is 14.3. The summed E-state index contributed by atoms with van der Waals surface area (Å²) >= 11 is 3.60. The number of hydrogen-bond donors (Lipinski definition) is 1. The highest BCUT2D eigenvalue weighted by atomic mass is 79.9. The summed E-state index contributed by atoms with van der Waals surface area (Å²) in [6.45, 7) is 5.58. The molecule has 0 radical (unpaired) electrons. The van der Waals surface area contributed by atoms with Crippen LogP contribution in [0.3, 0.4) is 0 Å². The van der Waals surface area contributed by atoms with Gasteiger partial charge in [-0.15, -0.1) is 0 Å². The zero-order valence-electron chi connectivity index (χ0n) is 12.7. The zero-order chi connectivity index (χ0) is 14.7. The van der Waals surface area contributed by atoms with Gasteiger partial charge in [-0.05, 0) is 62.5 Å². The van der Waals surface area contributed by atoms with Gasteiger partial charge in [0.1, 0.15) is 0 Å². The van der Waals surface area contributed by atoms with Gasteiger partial charge in [0.05, 0.1) is 0 Å². The van der Waals surface area contributed by atoms with Crippen molar-refractivity contribution >= 4 is 21.6 Å². The standard InChI is InChI=1S/C17H26BrN3/c18-15-10-14(13-19)11-17(12-15)21-8-4-16(5-9-21)20-6-2-1-3-7-20/h10-12,16H,1-9,13,19H2. The van der Waals surface area contributed by atoms with E-state index in [0.29, 0.717) is 6.54 Å². The fraction of sp³-hybridized carbons (Fsp3) is 0.647. The third-order valence-corrected chi connectivity index (χ3v) is 5.37. The molecule has 116 valence electrons. The van der Waals surface area contributed by atoms with Gasteiger partial charge in [-0.25, -0.2) is 0 Å². The second-order valence-corrected chi connectivity index (χ2v) is 7.25. The van der Waals surface area contributed by atoms with Crippen molar-refractivity contribution in [3.8, 4) is 0 Å². The van der Waals surface area contributed by atoms with Gasteiger partial charge in [-0.1, -0.05) is 22.4 Å². The molecule has 2 aliphatic rings. The van der Waals surface area contributed by atoms with Gasteiger partial charge >= 0.3 is 0 Å². The number of benzene rings is 1. The monoisotopic (exact) mass is 351 g/mol. The number of halogens is 1. The molecule has 1 aromatic carbocycles. The van der Waals surface area contributed by atoms with Gasteiger partial charge < -0.3 is 15.5 Å². The largest absolute Gasteiger partial charge is 0.371 e. The molecule has 0 atom stereocenters. The average molecular weight is 352 g/mol. The minimum atomic E-state index is 0.608. The Balaban J connectivity index is 1.61. The molecular formula is C17H26BrN3. The van der Waals surface area contributed by atoms with Crippen molar-refractivity contribution in [2.75, 3.05) is 31.1 Å². The van der Waals surface area contributed by atoms with E-state index in [-0.39, 0.29) is 0 Å². The number of piperidine rings is 2. The first-order valence-corrected chi connectivity index (χ1v) is 9.04. The quantitative estimate of drug-likeness (QED) is 0.905. The van der Waals surface area contributed by atoms with Crippen LogP contribution < -0.4 is 10.6 Å². The average Bonchev–Trinajstić information content (AvgIpc) is 2.55. The number of hydrogen-bond acceptors (Lipinski definition) is 3. The Hall–Kier alpha value is -0.580. The summed E-state index contributed by atoms with van der Waals surface area (Å²) in [5, 5.41) is 0. The maximum absolute atomic E-state index is 5.79. The van der Waals surface area contributed by atoms with Gasteiger partial charge in [0.25, 0.3) is 0 Å². The Labute approximate surface area is 136 Å². The van der Waals surface area contributed by atoms with Crippen LogP contribution >= 0.6 is 15.9 Å². The summed E-state index contributed by atoms with van der Waals surface area (Å²) in [4.78, 5) is 5.25. The van der Waals surface area contributed by atoms with E-state index < -0.39 is 0 Å². The first kappa shape index (κ1) is 15.3. The molecule has 0 spiro atoms. The minimum Gasteiger partial charge on any atom is -0.371 e. The highest BCUT2D eigenvalue weighted by Gasteiger charge is 2.25. The van der Waals surface area contributed by atoms with Crippen molar-refractivity contribution in [2.24, 2.45) is 5.73 Å². The van der Waals surface area contributed by atoms with Gasteiger partial charge in [0.15, 0.2) is 0 Å². The summed E-state index contributed by atoms with van der Waals surface area (Å²) < 4.78 is 1.14. The van der Waals surface area contributed by atoms with Crippen molar-refractivity contribution in [1.82, 2.24) is 4.90 Å². The molecule has 3 rings (SSSR count). The topological polar surface area (TPSA) is 32.5 Å². The molecule has 0 bridgehead atoms. The lowest BCUT2D eigenvalue weighted by molar-refractivity contribution is 0.141. The lowest BCUT2D eigenvalue weighted by atomic mass is 9.99. The number of rotatable bonds is 3. The SMILES string of the molecule is NCc1cc(Br)cc(N2CCC(N3CCCCC3)CC2)c1. The van der Waals surface area contributed by atoms with E-state index in [1.54, 1.807) is 0 Å². The lowest BCUT2D eigenvalue weighted by Gasteiger charge is -2.41. The Bertz CT molecular complexity index is 463. The van der Waals surface area contributed by atoms with E-state index in [4.69, 9.17) is 5.73 Å². The molecule has 2 heterocycles. The molecule has 4 heteroatoms. The molecule has 0 amide bonds. The summed E-state index contributed by atoms with van der Waals surface area (Å²) in [5.74, 6) is 0. The van der Waals surface area contributed by atoms with E-state index in [0.717, 1.165) is 10.5 Å². The minimum absolute atomic E-state index is 0.608. The Morgan fingerprint density at radius 2 is 1.71 bits per heavy atom. The predicted molar refractivity (Wildman–Crippen MR) is 92.7 cm³/mol. The summed E-state index contributed by atoms with van der Waals surface area (Å²) in [6, 6.07) is 7.39. The molecule has 0 aliphatic carbocycles. The van der Waals surface area contributed by atoms with E-state index in [1.807, 2.05) is 0 Å². The molecule has 1 aromatic rings. The Morgan fingerprint density at radius 1 is 1.00 bits per heavy atom. The third-order valence-electron chi connectivity index (χ3n) is 4.91. The van der Waals surface area contributed by atoms with Crippen LogP contribution in [0.15, 0.2) is 22.7 Å². The molecule has 21 heavy (non-hydrogen) atoms.